The zero-order valence-corrected chi connectivity index (χ0v) is 12.4. The van der Waals surface area contributed by atoms with Gasteiger partial charge in [0, 0.05) is 24.8 Å². The van der Waals surface area contributed by atoms with E-state index >= 15 is 0 Å². The third-order valence-electron chi connectivity index (χ3n) is 4.63. The van der Waals surface area contributed by atoms with Crippen molar-refractivity contribution in [3.05, 3.63) is 59.4 Å². The molecule has 0 radical (unpaired) electrons. The number of fused-ring (bicyclic) bond motifs is 2. The molecule has 112 valence electrons. The van der Waals surface area contributed by atoms with Crippen LogP contribution in [-0.2, 0) is 12.2 Å². The largest absolute Gasteiger partial charge is 0.339 e. The van der Waals surface area contributed by atoms with E-state index in [1.54, 1.807) is 12.3 Å². The van der Waals surface area contributed by atoms with Crippen molar-refractivity contribution in [1.82, 2.24) is 14.8 Å². The highest BCUT2D eigenvalue weighted by Crippen LogP contribution is 2.36. The van der Waals surface area contributed by atoms with Gasteiger partial charge in [-0.2, -0.15) is 0 Å². The number of nitrogens with zero attached hydrogens (tertiary/aromatic N) is 2. The third kappa shape index (κ3) is 1.69. The summed E-state index contributed by atoms with van der Waals surface area (Å²) in [6.45, 7) is 3.59. The normalized spacial score (nSPS) is 23.3. The van der Waals surface area contributed by atoms with Crippen molar-refractivity contribution in [3.8, 4) is 0 Å². The number of nitrogens with one attached hydrogen (secondary N) is 1. The molecule has 1 amide bonds. The molecule has 1 fully saturated rings. The van der Waals surface area contributed by atoms with Crippen LogP contribution in [0.5, 0.6) is 0 Å². The first kappa shape index (κ1) is 13.3. The predicted octanol–water partition coefficient (Wildman–Crippen LogP) is 1.60. The number of amides is 1. The highest BCUT2D eigenvalue weighted by Gasteiger charge is 2.49. The van der Waals surface area contributed by atoms with Crippen LogP contribution in [0, 0.1) is 0 Å². The monoisotopic (exact) mass is 295 g/mol. The number of ketones is 1. The Morgan fingerprint density at radius 1 is 1.27 bits per heavy atom. The van der Waals surface area contributed by atoms with Gasteiger partial charge >= 0.3 is 0 Å². The maximum absolute atomic E-state index is 12.9. The number of rotatable bonds is 2. The summed E-state index contributed by atoms with van der Waals surface area (Å²) in [6, 6.07) is 11.7. The van der Waals surface area contributed by atoms with Gasteiger partial charge < -0.3 is 9.47 Å². The van der Waals surface area contributed by atoms with Crippen LogP contribution < -0.4 is 5.32 Å². The number of carbonyl (C=O) groups excluding carboxylic acids is 2. The van der Waals surface area contributed by atoms with Gasteiger partial charge in [-0.25, -0.2) is 0 Å². The highest BCUT2D eigenvalue weighted by atomic mass is 16.2. The van der Waals surface area contributed by atoms with Crippen LogP contribution in [-0.4, -0.2) is 34.2 Å². The van der Waals surface area contributed by atoms with Gasteiger partial charge in [0.05, 0.1) is 6.54 Å². The molecule has 0 spiro atoms. The van der Waals surface area contributed by atoms with E-state index in [2.05, 4.69) is 5.32 Å². The smallest absolute Gasteiger partial charge is 0.272 e. The lowest BCUT2D eigenvalue weighted by molar-refractivity contribution is 0.0398. The number of carbonyl (C=O) groups is 2. The van der Waals surface area contributed by atoms with E-state index in [0.717, 1.165) is 12.1 Å². The zero-order chi connectivity index (χ0) is 15.3. The minimum atomic E-state index is -0.515. The molecule has 1 N–H and O–H groups in total. The van der Waals surface area contributed by atoms with Gasteiger partial charge in [-0.05, 0) is 18.6 Å². The fourth-order valence-electron chi connectivity index (χ4n) is 3.54. The first-order valence-corrected chi connectivity index (χ1v) is 7.45. The van der Waals surface area contributed by atoms with Crippen molar-refractivity contribution >= 4 is 11.7 Å². The Labute approximate surface area is 128 Å². The number of Topliss-reactive ketones (excluding diaryl/α,β-unsaturated/α-hetero) is 1. The maximum Gasteiger partial charge on any atom is 0.272 e. The van der Waals surface area contributed by atoms with Gasteiger partial charge in [-0.15, -0.1) is 0 Å². The second kappa shape index (κ2) is 4.55. The van der Waals surface area contributed by atoms with Crippen LogP contribution in [0.25, 0.3) is 0 Å². The van der Waals surface area contributed by atoms with Crippen LogP contribution in [0.15, 0.2) is 42.6 Å². The summed E-state index contributed by atoms with van der Waals surface area (Å²) >= 11 is 0. The van der Waals surface area contributed by atoms with Crippen LogP contribution in [0.4, 0.5) is 0 Å². The van der Waals surface area contributed by atoms with Crippen LogP contribution in [0.1, 0.15) is 33.3 Å². The molecular weight excluding hydrogens is 278 g/mol. The van der Waals surface area contributed by atoms with E-state index < -0.39 is 5.66 Å². The summed E-state index contributed by atoms with van der Waals surface area (Å²) in [5.74, 6) is -0.0378. The summed E-state index contributed by atoms with van der Waals surface area (Å²) in [5.41, 5.74) is 1.75. The Morgan fingerprint density at radius 3 is 2.77 bits per heavy atom. The van der Waals surface area contributed by atoms with E-state index in [-0.39, 0.29) is 11.7 Å². The SMILES string of the molecule is CC(=O)c1cc2n(c1)CC1(c3ccccc3)NCCN1C2=O. The summed E-state index contributed by atoms with van der Waals surface area (Å²) < 4.78 is 1.90. The lowest BCUT2D eigenvalue weighted by Crippen LogP contribution is -2.57. The fourth-order valence-corrected chi connectivity index (χ4v) is 3.54. The maximum atomic E-state index is 12.9. The van der Waals surface area contributed by atoms with Crippen LogP contribution >= 0.6 is 0 Å². The first-order valence-electron chi connectivity index (χ1n) is 7.45. The topological polar surface area (TPSA) is 54.3 Å². The van der Waals surface area contributed by atoms with Crippen LogP contribution in [0.3, 0.4) is 0 Å². The molecule has 1 atom stereocenters. The molecule has 1 unspecified atom stereocenters. The lowest BCUT2D eigenvalue weighted by Gasteiger charge is -2.42. The molecule has 2 aromatic rings. The standard InChI is InChI=1S/C17H17N3O2/c1-12(21)13-9-15-16(22)20-8-7-18-17(20,11-19(15)10-13)14-5-3-2-4-6-14/h2-6,9-10,18H,7-8,11H2,1H3. The Morgan fingerprint density at radius 2 is 2.05 bits per heavy atom. The molecule has 4 rings (SSSR count). The van der Waals surface area contributed by atoms with Gasteiger partial charge in [0.2, 0.25) is 0 Å². The summed E-state index contributed by atoms with van der Waals surface area (Å²) in [4.78, 5) is 26.4. The van der Waals surface area contributed by atoms with Crippen molar-refractivity contribution in [2.75, 3.05) is 13.1 Å². The van der Waals surface area contributed by atoms with Gasteiger partial charge in [-0.3, -0.25) is 14.9 Å². The van der Waals surface area contributed by atoms with Gasteiger partial charge in [0.1, 0.15) is 11.4 Å². The molecule has 1 aromatic carbocycles. The minimum Gasteiger partial charge on any atom is -0.339 e. The molecule has 0 saturated carbocycles. The Kier molecular flexibility index (Phi) is 2.74. The molecule has 5 heteroatoms. The van der Waals surface area contributed by atoms with E-state index in [0.29, 0.717) is 24.3 Å². The van der Waals surface area contributed by atoms with E-state index in [9.17, 15) is 9.59 Å². The average molecular weight is 295 g/mol. The Balaban J connectivity index is 1.86. The summed E-state index contributed by atoms with van der Waals surface area (Å²) in [6.07, 6.45) is 1.79. The number of hydrogen-bond donors (Lipinski definition) is 1. The van der Waals surface area contributed by atoms with Gasteiger partial charge in [-0.1, -0.05) is 30.3 Å². The van der Waals surface area contributed by atoms with Gasteiger partial charge in [0.25, 0.3) is 5.91 Å². The number of hydrogen-bond acceptors (Lipinski definition) is 3. The second-order valence-corrected chi connectivity index (χ2v) is 5.91. The predicted molar refractivity (Wildman–Crippen MR) is 81.6 cm³/mol. The summed E-state index contributed by atoms with van der Waals surface area (Å²) in [5, 5.41) is 3.50. The zero-order valence-electron chi connectivity index (χ0n) is 12.4. The fraction of sp³-hybridized carbons (Fsp3) is 0.294. The molecule has 22 heavy (non-hydrogen) atoms. The lowest BCUT2D eigenvalue weighted by atomic mass is 9.96. The quantitative estimate of drug-likeness (QED) is 0.856. The molecule has 2 aliphatic heterocycles. The Bertz CT molecular complexity index is 765. The molecule has 3 heterocycles. The van der Waals surface area contributed by atoms with Crippen molar-refractivity contribution in [1.29, 1.82) is 0 Å². The van der Waals surface area contributed by atoms with E-state index in [1.807, 2.05) is 39.8 Å². The molecule has 1 aromatic heterocycles. The second-order valence-electron chi connectivity index (χ2n) is 5.91. The van der Waals surface area contributed by atoms with E-state index in [1.165, 1.54) is 6.92 Å². The van der Waals surface area contributed by atoms with Crippen LogP contribution in [0.2, 0.25) is 0 Å². The Hall–Kier alpha value is -2.40. The third-order valence-corrected chi connectivity index (χ3v) is 4.63. The summed E-state index contributed by atoms with van der Waals surface area (Å²) in [7, 11) is 0. The minimum absolute atomic E-state index is 0.0171. The number of aromatic nitrogens is 1. The molecular formula is C17H17N3O2. The van der Waals surface area contributed by atoms with Crippen molar-refractivity contribution in [3.63, 3.8) is 0 Å². The average Bonchev–Trinajstić information content (AvgIpc) is 3.13. The highest BCUT2D eigenvalue weighted by molar-refractivity contribution is 6.00. The van der Waals surface area contributed by atoms with Gasteiger partial charge in [0.15, 0.2) is 5.78 Å². The first-order chi connectivity index (χ1) is 10.6. The van der Waals surface area contributed by atoms with Crippen molar-refractivity contribution in [2.24, 2.45) is 0 Å². The number of benzene rings is 1. The molecule has 1 saturated heterocycles. The van der Waals surface area contributed by atoms with E-state index in [4.69, 9.17) is 0 Å². The van der Waals surface area contributed by atoms with Crippen molar-refractivity contribution in [2.45, 2.75) is 19.1 Å². The molecule has 0 bridgehead atoms. The van der Waals surface area contributed by atoms with Crippen molar-refractivity contribution < 1.29 is 9.59 Å². The molecule has 2 aliphatic rings. The molecule has 5 nitrogen and oxygen atoms in total. The molecule has 0 aliphatic carbocycles.